The van der Waals surface area contributed by atoms with Gasteiger partial charge in [0, 0.05) is 6.92 Å². The van der Waals surface area contributed by atoms with Crippen LogP contribution in [0.3, 0.4) is 0 Å². The summed E-state index contributed by atoms with van der Waals surface area (Å²) in [6.07, 6.45) is 0. The number of aryl methyl sites for hydroxylation is 2. The fourth-order valence-corrected chi connectivity index (χ4v) is 1.43. The molecule has 2 heterocycles. The number of nitrogens with zero attached hydrogens (tertiary/aromatic N) is 2. The Balaban J connectivity index is 2.80. The van der Waals surface area contributed by atoms with E-state index in [0.29, 0.717) is 22.5 Å². The van der Waals surface area contributed by atoms with E-state index in [9.17, 15) is 4.79 Å². The van der Waals surface area contributed by atoms with E-state index in [-0.39, 0.29) is 5.78 Å². The Morgan fingerprint density at radius 2 is 2.14 bits per heavy atom. The number of pyridine rings is 1. The lowest BCUT2D eigenvalue weighted by atomic mass is 10.1. The summed E-state index contributed by atoms with van der Waals surface area (Å²) in [6.45, 7) is 5.14. The van der Waals surface area contributed by atoms with E-state index >= 15 is 0 Å². The standard InChI is InChI=1S/C10H10N2O2/c1-5-4-8-10(6(2)12-14-8)11-9(5)7(3)13/h4H,1-3H3. The molecule has 4 nitrogen and oxygen atoms in total. The van der Waals surface area contributed by atoms with E-state index in [1.165, 1.54) is 6.92 Å². The molecule has 0 atom stereocenters. The van der Waals surface area contributed by atoms with Crippen LogP contribution < -0.4 is 0 Å². The van der Waals surface area contributed by atoms with Crippen LogP contribution in [0.1, 0.15) is 28.7 Å². The van der Waals surface area contributed by atoms with Gasteiger partial charge >= 0.3 is 0 Å². The largest absolute Gasteiger partial charge is 0.354 e. The first-order valence-corrected chi connectivity index (χ1v) is 4.34. The Hall–Kier alpha value is -1.71. The molecule has 0 fully saturated rings. The molecule has 0 unspecified atom stereocenters. The molecule has 0 aliphatic rings. The second-order valence-corrected chi connectivity index (χ2v) is 3.32. The lowest BCUT2D eigenvalue weighted by molar-refractivity contribution is 0.101. The van der Waals surface area contributed by atoms with E-state index in [1.54, 1.807) is 13.0 Å². The second-order valence-electron chi connectivity index (χ2n) is 3.32. The van der Waals surface area contributed by atoms with Crippen LogP contribution in [-0.2, 0) is 0 Å². The molecule has 0 radical (unpaired) electrons. The van der Waals surface area contributed by atoms with Crippen molar-refractivity contribution in [2.75, 3.05) is 0 Å². The van der Waals surface area contributed by atoms with E-state index in [1.807, 2.05) is 6.92 Å². The molecule has 0 aromatic carbocycles. The van der Waals surface area contributed by atoms with Gasteiger partial charge in [0.1, 0.15) is 16.9 Å². The SMILES string of the molecule is CC(=O)c1nc2c(C)noc2cc1C. The maximum Gasteiger partial charge on any atom is 0.185 e. The minimum absolute atomic E-state index is 0.0370. The van der Waals surface area contributed by atoms with Gasteiger partial charge in [0.15, 0.2) is 11.4 Å². The van der Waals surface area contributed by atoms with Gasteiger partial charge < -0.3 is 4.52 Å². The van der Waals surface area contributed by atoms with E-state index in [2.05, 4.69) is 10.1 Å². The number of rotatable bonds is 1. The number of hydrogen-bond acceptors (Lipinski definition) is 4. The van der Waals surface area contributed by atoms with Crippen molar-refractivity contribution < 1.29 is 9.32 Å². The molecule has 72 valence electrons. The number of ketones is 1. The first-order valence-electron chi connectivity index (χ1n) is 4.34. The van der Waals surface area contributed by atoms with Crippen molar-refractivity contribution in [3.8, 4) is 0 Å². The van der Waals surface area contributed by atoms with Gasteiger partial charge in [0.05, 0.1) is 0 Å². The maximum absolute atomic E-state index is 11.2. The van der Waals surface area contributed by atoms with E-state index in [4.69, 9.17) is 4.52 Å². The highest BCUT2D eigenvalue weighted by atomic mass is 16.5. The summed E-state index contributed by atoms with van der Waals surface area (Å²) in [5, 5.41) is 3.79. The zero-order valence-electron chi connectivity index (χ0n) is 8.29. The third-order valence-electron chi connectivity index (χ3n) is 2.14. The van der Waals surface area contributed by atoms with Gasteiger partial charge in [-0.3, -0.25) is 4.79 Å². The molecule has 0 amide bonds. The summed E-state index contributed by atoms with van der Waals surface area (Å²) in [4.78, 5) is 15.5. The number of carbonyl (C=O) groups is 1. The molecular weight excluding hydrogens is 180 g/mol. The highest BCUT2D eigenvalue weighted by molar-refractivity contribution is 5.95. The second kappa shape index (κ2) is 2.90. The topological polar surface area (TPSA) is 56.0 Å². The summed E-state index contributed by atoms with van der Waals surface area (Å²) in [5.74, 6) is -0.0370. The van der Waals surface area contributed by atoms with Crippen molar-refractivity contribution in [2.24, 2.45) is 0 Å². The smallest absolute Gasteiger partial charge is 0.185 e. The summed E-state index contributed by atoms with van der Waals surface area (Å²) in [5.41, 5.74) is 3.32. The maximum atomic E-state index is 11.2. The monoisotopic (exact) mass is 190 g/mol. The lowest BCUT2D eigenvalue weighted by Gasteiger charge is -1.99. The van der Waals surface area contributed by atoms with Crippen molar-refractivity contribution in [1.29, 1.82) is 0 Å². The fourth-order valence-electron chi connectivity index (χ4n) is 1.43. The Labute approximate surface area is 80.9 Å². The molecule has 2 rings (SSSR count). The van der Waals surface area contributed by atoms with Crippen LogP contribution in [-0.4, -0.2) is 15.9 Å². The van der Waals surface area contributed by atoms with Crippen LogP contribution in [0.15, 0.2) is 10.6 Å². The summed E-state index contributed by atoms with van der Waals surface area (Å²) < 4.78 is 5.04. The minimum atomic E-state index is -0.0370. The highest BCUT2D eigenvalue weighted by Crippen LogP contribution is 2.19. The summed E-state index contributed by atoms with van der Waals surface area (Å²) >= 11 is 0. The average molecular weight is 190 g/mol. The zero-order valence-corrected chi connectivity index (χ0v) is 8.29. The van der Waals surface area contributed by atoms with E-state index < -0.39 is 0 Å². The van der Waals surface area contributed by atoms with E-state index in [0.717, 1.165) is 5.56 Å². The molecule has 0 bridgehead atoms. The van der Waals surface area contributed by atoms with Crippen LogP contribution in [0.25, 0.3) is 11.1 Å². The average Bonchev–Trinajstić information content (AvgIpc) is 2.46. The number of carbonyl (C=O) groups excluding carboxylic acids is 1. The minimum Gasteiger partial charge on any atom is -0.354 e. The van der Waals surface area contributed by atoms with Gasteiger partial charge in [-0.2, -0.15) is 0 Å². The van der Waals surface area contributed by atoms with Gasteiger partial charge in [-0.1, -0.05) is 5.16 Å². The number of fused-ring (bicyclic) bond motifs is 1. The molecule has 0 aliphatic heterocycles. The van der Waals surface area contributed by atoms with Gasteiger partial charge in [-0.05, 0) is 25.5 Å². The number of aromatic nitrogens is 2. The third kappa shape index (κ3) is 1.19. The van der Waals surface area contributed by atoms with Crippen LogP contribution in [0, 0.1) is 13.8 Å². The molecule has 0 saturated heterocycles. The Morgan fingerprint density at radius 3 is 2.79 bits per heavy atom. The molecular formula is C10H10N2O2. The summed E-state index contributed by atoms with van der Waals surface area (Å²) in [7, 11) is 0. The first-order chi connectivity index (χ1) is 6.59. The molecule has 0 N–H and O–H groups in total. The van der Waals surface area contributed by atoms with Crippen molar-refractivity contribution in [1.82, 2.24) is 10.1 Å². The molecule has 0 spiro atoms. The molecule has 4 heteroatoms. The third-order valence-corrected chi connectivity index (χ3v) is 2.14. The van der Waals surface area contributed by atoms with Crippen molar-refractivity contribution in [3.63, 3.8) is 0 Å². The highest BCUT2D eigenvalue weighted by Gasteiger charge is 2.12. The van der Waals surface area contributed by atoms with Crippen molar-refractivity contribution >= 4 is 16.9 Å². The molecule has 2 aromatic heterocycles. The summed E-state index contributed by atoms with van der Waals surface area (Å²) in [6, 6.07) is 1.79. The lowest BCUT2D eigenvalue weighted by Crippen LogP contribution is -2.00. The van der Waals surface area contributed by atoms with Gasteiger partial charge in [0.25, 0.3) is 0 Å². The van der Waals surface area contributed by atoms with Crippen LogP contribution in [0.2, 0.25) is 0 Å². The number of Topliss-reactive ketones (excluding diaryl/α,β-unsaturated/α-hetero) is 1. The normalized spacial score (nSPS) is 10.8. The number of hydrogen-bond donors (Lipinski definition) is 0. The van der Waals surface area contributed by atoms with Crippen molar-refractivity contribution in [3.05, 3.63) is 23.0 Å². The van der Waals surface area contributed by atoms with Gasteiger partial charge in [0.2, 0.25) is 0 Å². The fraction of sp³-hybridized carbons (Fsp3) is 0.300. The van der Waals surface area contributed by atoms with Gasteiger partial charge in [-0.25, -0.2) is 4.98 Å². The van der Waals surface area contributed by atoms with Crippen LogP contribution >= 0.6 is 0 Å². The zero-order chi connectivity index (χ0) is 10.3. The Kier molecular flexibility index (Phi) is 1.84. The van der Waals surface area contributed by atoms with Crippen LogP contribution in [0.5, 0.6) is 0 Å². The first kappa shape index (κ1) is 8.87. The Morgan fingerprint density at radius 1 is 1.43 bits per heavy atom. The molecule has 0 saturated carbocycles. The quantitative estimate of drug-likeness (QED) is 0.645. The van der Waals surface area contributed by atoms with Crippen LogP contribution in [0.4, 0.5) is 0 Å². The van der Waals surface area contributed by atoms with Gasteiger partial charge in [-0.15, -0.1) is 0 Å². The predicted molar refractivity (Wildman–Crippen MR) is 51.3 cm³/mol. The Bertz CT molecular complexity index is 514. The molecule has 0 aliphatic carbocycles. The molecule has 14 heavy (non-hydrogen) atoms. The predicted octanol–water partition coefficient (Wildman–Crippen LogP) is 2.04. The van der Waals surface area contributed by atoms with Crippen molar-refractivity contribution in [2.45, 2.75) is 20.8 Å². The molecule has 2 aromatic rings.